The molecule has 0 bridgehead atoms. The maximum atomic E-state index is 10.6. The molecule has 0 aliphatic heterocycles. The molecule has 60 valence electrons. The molecule has 0 saturated heterocycles. The summed E-state index contributed by atoms with van der Waals surface area (Å²) in [5.41, 5.74) is 0.796. The standard InChI is InChI=1S/C8H4ClNO2/c9-8-6(4-11)7-5(3-10-8)1-2-12-7/h1-4H. The largest absolute Gasteiger partial charge is 0.463 e. The molecule has 2 aromatic heterocycles. The molecule has 0 radical (unpaired) electrons. The van der Waals surface area contributed by atoms with Crippen LogP contribution in [0.5, 0.6) is 0 Å². The molecule has 2 aromatic rings. The first-order chi connectivity index (χ1) is 5.83. The number of pyridine rings is 1. The highest BCUT2D eigenvalue weighted by Gasteiger charge is 2.08. The van der Waals surface area contributed by atoms with Crippen LogP contribution in [0.25, 0.3) is 11.0 Å². The first kappa shape index (κ1) is 7.31. The Hall–Kier alpha value is -1.35. The number of aldehydes is 1. The number of fused-ring (bicyclic) bond motifs is 1. The lowest BCUT2D eigenvalue weighted by Crippen LogP contribution is -1.85. The molecule has 2 heterocycles. The number of aromatic nitrogens is 1. The Morgan fingerprint density at radius 2 is 2.42 bits per heavy atom. The lowest BCUT2D eigenvalue weighted by molar-refractivity contribution is 0.112. The number of nitrogens with zero attached hydrogens (tertiary/aromatic N) is 1. The molecule has 12 heavy (non-hydrogen) atoms. The van der Waals surface area contributed by atoms with Gasteiger partial charge in [0.2, 0.25) is 0 Å². The second-order valence-corrected chi connectivity index (χ2v) is 2.64. The van der Waals surface area contributed by atoms with Crippen molar-refractivity contribution < 1.29 is 9.21 Å². The van der Waals surface area contributed by atoms with Crippen molar-refractivity contribution in [1.29, 1.82) is 0 Å². The number of carbonyl (C=O) groups is 1. The molecule has 0 aliphatic rings. The minimum Gasteiger partial charge on any atom is -0.463 e. The van der Waals surface area contributed by atoms with Gasteiger partial charge in [0.25, 0.3) is 0 Å². The molecular formula is C8H4ClNO2. The molecule has 0 unspecified atom stereocenters. The molecule has 0 atom stereocenters. The van der Waals surface area contributed by atoms with Crippen LogP contribution in [0.15, 0.2) is 22.9 Å². The van der Waals surface area contributed by atoms with Crippen molar-refractivity contribution in [2.75, 3.05) is 0 Å². The van der Waals surface area contributed by atoms with Crippen LogP contribution in [0.1, 0.15) is 10.4 Å². The zero-order valence-electron chi connectivity index (χ0n) is 5.95. The summed E-state index contributed by atoms with van der Waals surface area (Å²) in [6.07, 6.45) is 3.70. The van der Waals surface area contributed by atoms with E-state index in [0.29, 0.717) is 17.4 Å². The molecule has 0 amide bonds. The fourth-order valence-electron chi connectivity index (χ4n) is 1.03. The van der Waals surface area contributed by atoms with Crippen LogP contribution < -0.4 is 0 Å². The molecule has 0 aromatic carbocycles. The highest BCUT2D eigenvalue weighted by atomic mass is 35.5. The van der Waals surface area contributed by atoms with Crippen LogP contribution in [0.2, 0.25) is 5.15 Å². The van der Waals surface area contributed by atoms with Crippen molar-refractivity contribution in [3.8, 4) is 0 Å². The van der Waals surface area contributed by atoms with E-state index in [1.165, 1.54) is 6.26 Å². The van der Waals surface area contributed by atoms with E-state index < -0.39 is 0 Å². The lowest BCUT2D eigenvalue weighted by atomic mass is 10.2. The molecule has 0 fully saturated rings. The van der Waals surface area contributed by atoms with Gasteiger partial charge in [-0.15, -0.1) is 0 Å². The Morgan fingerprint density at radius 1 is 1.58 bits per heavy atom. The Morgan fingerprint density at radius 3 is 3.17 bits per heavy atom. The van der Waals surface area contributed by atoms with Gasteiger partial charge in [-0.1, -0.05) is 11.6 Å². The van der Waals surface area contributed by atoms with Crippen molar-refractivity contribution in [3.05, 3.63) is 29.2 Å². The van der Waals surface area contributed by atoms with E-state index in [1.807, 2.05) is 0 Å². The average molecular weight is 182 g/mol. The Kier molecular flexibility index (Phi) is 1.59. The zero-order valence-corrected chi connectivity index (χ0v) is 6.71. The molecule has 0 spiro atoms. The van der Waals surface area contributed by atoms with E-state index in [-0.39, 0.29) is 5.15 Å². The highest BCUT2D eigenvalue weighted by molar-refractivity contribution is 6.32. The first-order valence-corrected chi connectivity index (χ1v) is 3.67. The van der Waals surface area contributed by atoms with Gasteiger partial charge in [-0.25, -0.2) is 4.98 Å². The van der Waals surface area contributed by atoms with Crippen LogP contribution in [-0.4, -0.2) is 11.3 Å². The van der Waals surface area contributed by atoms with Gasteiger partial charge < -0.3 is 4.42 Å². The van der Waals surface area contributed by atoms with E-state index in [9.17, 15) is 4.79 Å². The predicted molar refractivity (Wildman–Crippen MR) is 44.4 cm³/mol. The lowest BCUT2D eigenvalue weighted by Gasteiger charge is -1.94. The minimum atomic E-state index is 0.174. The van der Waals surface area contributed by atoms with E-state index in [2.05, 4.69) is 4.98 Å². The van der Waals surface area contributed by atoms with E-state index in [1.54, 1.807) is 12.3 Å². The number of halogens is 1. The molecule has 3 nitrogen and oxygen atoms in total. The van der Waals surface area contributed by atoms with Crippen molar-refractivity contribution in [2.24, 2.45) is 0 Å². The third-order valence-electron chi connectivity index (χ3n) is 1.60. The smallest absolute Gasteiger partial charge is 0.156 e. The Balaban J connectivity index is 2.91. The first-order valence-electron chi connectivity index (χ1n) is 3.30. The second-order valence-electron chi connectivity index (χ2n) is 2.29. The third-order valence-corrected chi connectivity index (χ3v) is 1.90. The summed E-state index contributed by atoms with van der Waals surface area (Å²) in [7, 11) is 0. The van der Waals surface area contributed by atoms with Gasteiger partial charge in [-0.2, -0.15) is 0 Å². The summed E-state index contributed by atoms with van der Waals surface area (Å²) < 4.78 is 5.07. The SMILES string of the molecule is O=Cc1c(Cl)ncc2ccoc12. The van der Waals surface area contributed by atoms with Crippen LogP contribution in [0.3, 0.4) is 0 Å². The average Bonchev–Trinajstić information content (AvgIpc) is 2.52. The minimum absolute atomic E-state index is 0.174. The summed E-state index contributed by atoms with van der Waals surface area (Å²) in [6.45, 7) is 0. The number of carbonyl (C=O) groups excluding carboxylic acids is 1. The Bertz CT molecular complexity index is 436. The molecule has 0 saturated carbocycles. The van der Waals surface area contributed by atoms with Crippen molar-refractivity contribution >= 4 is 28.9 Å². The molecular weight excluding hydrogens is 178 g/mol. The fourth-order valence-corrected chi connectivity index (χ4v) is 1.21. The van der Waals surface area contributed by atoms with Crippen molar-refractivity contribution in [1.82, 2.24) is 4.98 Å². The van der Waals surface area contributed by atoms with E-state index in [0.717, 1.165) is 5.39 Å². The number of rotatable bonds is 1. The van der Waals surface area contributed by atoms with Gasteiger partial charge >= 0.3 is 0 Å². The quantitative estimate of drug-likeness (QED) is 0.501. The number of furan rings is 1. The monoisotopic (exact) mass is 181 g/mol. The second kappa shape index (κ2) is 2.60. The molecule has 0 N–H and O–H groups in total. The van der Waals surface area contributed by atoms with Gasteiger partial charge in [-0.05, 0) is 6.07 Å². The normalized spacial score (nSPS) is 10.4. The molecule has 2 rings (SSSR count). The summed E-state index contributed by atoms with van der Waals surface area (Å²) in [6, 6.07) is 1.73. The van der Waals surface area contributed by atoms with Gasteiger partial charge in [0.15, 0.2) is 6.29 Å². The van der Waals surface area contributed by atoms with E-state index >= 15 is 0 Å². The summed E-state index contributed by atoms with van der Waals surface area (Å²) in [5, 5.41) is 0.953. The number of hydrogen-bond acceptors (Lipinski definition) is 3. The van der Waals surface area contributed by atoms with Crippen LogP contribution in [-0.2, 0) is 0 Å². The van der Waals surface area contributed by atoms with Crippen molar-refractivity contribution in [3.63, 3.8) is 0 Å². The summed E-state index contributed by atoms with van der Waals surface area (Å²) in [4.78, 5) is 14.4. The maximum absolute atomic E-state index is 10.6. The van der Waals surface area contributed by atoms with Gasteiger partial charge in [0.1, 0.15) is 10.7 Å². The number of hydrogen-bond donors (Lipinski definition) is 0. The molecule has 4 heteroatoms. The van der Waals surface area contributed by atoms with Crippen LogP contribution >= 0.6 is 11.6 Å². The third kappa shape index (κ3) is 0.905. The van der Waals surface area contributed by atoms with Crippen LogP contribution in [0.4, 0.5) is 0 Å². The van der Waals surface area contributed by atoms with Gasteiger partial charge in [-0.3, -0.25) is 4.79 Å². The Labute approximate surface area is 73.0 Å². The van der Waals surface area contributed by atoms with Crippen LogP contribution in [0, 0.1) is 0 Å². The summed E-state index contributed by atoms with van der Waals surface area (Å²) >= 11 is 5.66. The predicted octanol–water partition coefficient (Wildman–Crippen LogP) is 2.29. The molecule has 0 aliphatic carbocycles. The van der Waals surface area contributed by atoms with Gasteiger partial charge in [0.05, 0.1) is 11.8 Å². The maximum Gasteiger partial charge on any atom is 0.156 e. The van der Waals surface area contributed by atoms with Crippen molar-refractivity contribution in [2.45, 2.75) is 0 Å². The van der Waals surface area contributed by atoms with Gasteiger partial charge in [0, 0.05) is 11.6 Å². The summed E-state index contributed by atoms with van der Waals surface area (Å²) in [5.74, 6) is 0. The van der Waals surface area contributed by atoms with E-state index in [4.69, 9.17) is 16.0 Å². The fraction of sp³-hybridized carbons (Fsp3) is 0. The zero-order chi connectivity index (χ0) is 8.55. The topological polar surface area (TPSA) is 43.1 Å². The highest BCUT2D eigenvalue weighted by Crippen LogP contribution is 2.22.